The Morgan fingerprint density at radius 3 is 2.52 bits per heavy atom. The van der Waals surface area contributed by atoms with Crippen molar-refractivity contribution < 1.29 is 14.3 Å². The molecule has 6 heteroatoms. The average molecular weight is 370 g/mol. The molecule has 0 spiro atoms. The number of nitrogens with zero attached hydrogens (tertiary/aromatic N) is 2. The van der Waals surface area contributed by atoms with Crippen LogP contribution < -0.4 is 0 Å². The minimum atomic E-state index is -0.110. The van der Waals surface area contributed by atoms with Gasteiger partial charge >= 0.3 is 0 Å². The number of amides is 1. The normalized spacial score (nSPS) is 33.6. The molecular formula is C19H35N2O3P. The average Bonchev–Trinajstić information content (AvgIpc) is 2.92. The van der Waals surface area contributed by atoms with Gasteiger partial charge in [-0.25, -0.2) is 0 Å². The van der Waals surface area contributed by atoms with Crippen molar-refractivity contribution in [2.75, 3.05) is 26.2 Å². The summed E-state index contributed by atoms with van der Waals surface area (Å²) in [5.74, 6) is 0.482. The summed E-state index contributed by atoms with van der Waals surface area (Å²) in [4.78, 5) is 29.0. The second kappa shape index (κ2) is 8.45. The predicted molar refractivity (Wildman–Crippen MR) is 104 cm³/mol. The van der Waals surface area contributed by atoms with E-state index >= 15 is 0 Å². The second-order valence-electron chi connectivity index (χ2n) is 8.55. The van der Waals surface area contributed by atoms with Crippen LogP contribution in [0.2, 0.25) is 0 Å². The lowest BCUT2D eigenvalue weighted by molar-refractivity contribution is -0.129. The number of fused-ring (bicyclic) bond motifs is 2. The van der Waals surface area contributed by atoms with Crippen molar-refractivity contribution in [2.24, 2.45) is 5.92 Å². The second-order valence-corrected chi connectivity index (χ2v) is 9.49. The molecule has 3 unspecified atom stereocenters. The van der Waals surface area contributed by atoms with Crippen LogP contribution in [0.1, 0.15) is 53.9 Å². The maximum Gasteiger partial charge on any atom is 0.219 e. The summed E-state index contributed by atoms with van der Waals surface area (Å²) in [6.07, 6.45) is 2.67. The van der Waals surface area contributed by atoms with Crippen LogP contribution in [0.15, 0.2) is 0 Å². The molecule has 2 saturated heterocycles. The van der Waals surface area contributed by atoms with Gasteiger partial charge in [-0.05, 0) is 38.8 Å². The van der Waals surface area contributed by atoms with E-state index in [1.807, 2.05) is 18.7 Å². The molecular weight excluding hydrogens is 335 g/mol. The number of ketones is 1. The number of carbonyl (C=O) groups is 2. The topological polar surface area (TPSA) is 49.9 Å². The summed E-state index contributed by atoms with van der Waals surface area (Å²) in [6.45, 7) is 13.0. The number of carbonyl (C=O) groups excluding carboxylic acids is 2. The quantitative estimate of drug-likeness (QED) is 0.700. The van der Waals surface area contributed by atoms with Gasteiger partial charge in [0.25, 0.3) is 0 Å². The summed E-state index contributed by atoms with van der Waals surface area (Å²) in [5, 5.41) is 0. The zero-order chi connectivity index (χ0) is 18.8. The highest BCUT2D eigenvalue weighted by molar-refractivity contribution is 7.17. The minimum absolute atomic E-state index is 0.0396. The van der Waals surface area contributed by atoms with Gasteiger partial charge in [-0.1, -0.05) is 13.8 Å². The molecule has 0 radical (unpaired) electrons. The Labute approximate surface area is 155 Å². The molecule has 0 aromatic carbocycles. The highest BCUT2D eigenvalue weighted by Crippen LogP contribution is 2.34. The van der Waals surface area contributed by atoms with Crippen molar-refractivity contribution in [1.82, 2.24) is 9.80 Å². The number of ether oxygens (including phenoxy) is 1. The van der Waals surface area contributed by atoms with Crippen molar-refractivity contribution in [3.8, 4) is 0 Å². The third-order valence-electron chi connectivity index (χ3n) is 5.53. The molecule has 2 fully saturated rings. The molecule has 0 aromatic heterocycles. The molecule has 25 heavy (non-hydrogen) atoms. The fraction of sp³-hybridized carbons (Fsp3) is 0.895. The van der Waals surface area contributed by atoms with Crippen molar-refractivity contribution in [1.29, 1.82) is 0 Å². The standard InChI is InChI=1S/C19H35N2O3P/c1-13(2)18(23)17-9-15-11-21(17)19(4,5)10-16(25)12-20(14(3)22)7-6-8-24-15/h13,15-17H,6-12,25H2,1-5H3/t15-,16-,17?/m1/s1. The van der Waals surface area contributed by atoms with Gasteiger partial charge in [0.05, 0.1) is 12.1 Å². The first-order valence-corrected chi connectivity index (χ1v) is 10.2. The van der Waals surface area contributed by atoms with Crippen molar-refractivity contribution in [3.63, 3.8) is 0 Å². The summed E-state index contributed by atoms with van der Waals surface area (Å²) in [5.41, 5.74) is 0.203. The number of hydrogen-bond donors (Lipinski definition) is 0. The molecule has 0 N–H and O–H groups in total. The third kappa shape index (κ3) is 5.24. The summed E-state index contributed by atoms with van der Waals surface area (Å²) >= 11 is 0. The van der Waals surface area contributed by atoms with Gasteiger partial charge in [-0.2, -0.15) is 0 Å². The molecule has 5 nitrogen and oxygen atoms in total. The summed E-state index contributed by atoms with van der Waals surface area (Å²) in [7, 11) is 2.91. The van der Waals surface area contributed by atoms with E-state index in [1.165, 1.54) is 0 Å². The monoisotopic (exact) mass is 370 g/mol. The van der Waals surface area contributed by atoms with Crippen LogP contribution in [0.4, 0.5) is 0 Å². The van der Waals surface area contributed by atoms with Crippen molar-refractivity contribution in [2.45, 2.75) is 77.2 Å². The Hall–Kier alpha value is -0.510. The van der Waals surface area contributed by atoms with E-state index in [4.69, 9.17) is 4.74 Å². The van der Waals surface area contributed by atoms with Gasteiger partial charge in [0, 0.05) is 44.6 Å². The molecule has 0 saturated carbocycles. The van der Waals surface area contributed by atoms with Crippen LogP contribution in [0.25, 0.3) is 0 Å². The lowest BCUT2D eigenvalue weighted by Gasteiger charge is -2.42. The zero-order valence-corrected chi connectivity index (χ0v) is 17.6. The van der Waals surface area contributed by atoms with Crippen molar-refractivity contribution in [3.05, 3.63) is 0 Å². The number of Topliss-reactive ketones (excluding diaryl/α,β-unsaturated/α-hetero) is 1. The highest BCUT2D eigenvalue weighted by Gasteiger charge is 2.45. The Morgan fingerprint density at radius 1 is 1.24 bits per heavy atom. The zero-order valence-electron chi connectivity index (χ0n) is 16.5. The van der Waals surface area contributed by atoms with E-state index < -0.39 is 0 Å². The smallest absolute Gasteiger partial charge is 0.219 e. The van der Waals surface area contributed by atoms with E-state index in [0.717, 1.165) is 38.9 Å². The lowest BCUT2D eigenvalue weighted by Crippen LogP contribution is -2.52. The van der Waals surface area contributed by atoms with Crippen molar-refractivity contribution >= 4 is 20.9 Å². The first-order valence-electron chi connectivity index (χ1n) is 9.55. The van der Waals surface area contributed by atoms with Crippen LogP contribution in [-0.2, 0) is 14.3 Å². The molecule has 2 aliphatic heterocycles. The largest absolute Gasteiger partial charge is 0.377 e. The highest BCUT2D eigenvalue weighted by atomic mass is 31.0. The Balaban J connectivity index is 2.22. The molecule has 2 bridgehead atoms. The Morgan fingerprint density at radius 2 is 1.92 bits per heavy atom. The maximum absolute atomic E-state index is 12.8. The molecule has 0 aromatic rings. The van der Waals surface area contributed by atoms with Crippen LogP contribution in [0.3, 0.4) is 0 Å². The van der Waals surface area contributed by atoms with Crippen LogP contribution >= 0.6 is 9.24 Å². The van der Waals surface area contributed by atoms with Gasteiger partial charge in [0.1, 0.15) is 0 Å². The first kappa shape index (κ1) is 20.8. The molecule has 2 rings (SSSR count). The Bertz CT molecular complexity index is 495. The van der Waals surface area contributed by atoms with Crippen LogP contribution in [0, 0.1) is 5.92 Å². The lowest BCUT2D eigenvalue weighted by atomic mass is 9.91. The van der Waals surface area contributed by atoms with Gasteiger partial charge in [-0.15, -0.1) is 9.24 Å². The SMILES string of the molecule is CC(=O)N1CCCO[C@@H]2CC(C(=O)C(C)C)N(C2)C(C)(C)C[C@@H](P)C1. The molecule has 5 atom stereocenters. The number of hydrogen-bond acceptors (Lipinski definition) is 4. The van der Waals surface area contributed by atoms with Gasteiger partial charge in [-0.3, -0.25) is 14.5 Å². The maximum atomic E-state index is 12.8. The van der Waals surface area contributed by atoms with E-state index in [1.54, 1.807) is 6.92 Å². The fourth-order valence-electron chi connectivity index (χ4n) is 4.23. The minimum Gasteiger partial charge on any atom is -0.377 e. The third-order valence-corrected chi connectivity index (χ3v) is 5.97. The van der Waals surface area contributed by atoms with E-state index in [9.17, 15) is 9.59 Å². The van der Waals surface area contributed by atoms with Gasteiger partial charge < -0.3 is 9.64 Å². The molecule has 2 aliphatic rings. The Kier molecular flexibility index (Phi) is 7.03. The van der Waals surface area contributed by atoms with Crippen LogP contribution in [-0.4, -0.2) is 71.1 Å². The summed E-state index contributed by atoms with van der Waals surface area (Å²) in [6, 6.07) is -0.0538. The van der Waals surface area contributed by atoms with E-state index in [-0.39, 0.29) is 29.5 Å². The van der Waals surface area contributed by atoms with Gasteiger partial charge in [0.2, 0.25) is 5.91 Å². The van der Waals surface area contributed by atoms with Crippen LogP contribution in [0.5, 0.6) is 0 Å². The van der Waals surface area contributed by atoms with E-state index in [2.05, 4.69) is 28.0 Å². The predicted octanol–water partition coefficient (Wildman–Crippen LogP) is 2.34. The van der Waals surface area contributed by atoms with E-state index in [0.29, 0.717) is 18.0 Å². The summed E-state index contributed by atoms with van der Waals surface area (Å²) < 4.78 is 6.08. The molecule has 2 heterocycles. The number of rotatable bonds is 2. The first-order chi connectivity index (χ1) is 11.6. The fourth-order valence-corrected chi connectivity index (χ4v) is 5.06. The molecule has 1 amide bonds. The molecule has 144 valence electrons. The van der Waals surface area contributed by atoms with Gasteiger partial charge in [0.15, 0.2) is 5.78 Å². The molecule has 0 aliphatic carbocycles.